The van der Waals surface area contributed by atoms with Gasteiger partial charge in [0, 0.05) is 18.2 Å². The number of pyridine rings is 1. The number of hydrogen-bond donors (Lipinski definition) is 2. The number of halogens is 3. The van der Waals surface area contributed by atoms with Gasteiger partial charge in [0.1, 0.15) is 11.9 Å². The highest BCUT2D eigenvalue weighted by Crippen LogP contribution is 2.29. The largest absolute Gasteiger partial charge is 0.383 e. The zero-order valence-electron chi connectivity index (χ0n) is 20.7. The number of benzene rings is 1. The highest BCUT2D eigenvalue weighted by atomic mass is 19.2. The summed E-state index contributed by atoms with van der Waals surface area (Å²) in [6.07, 6.45) is 6.22. The van der Waals surface area contributed by atoms with Gasteiger partial charge in [0.15, 0.2) is 17.3 Å². The maximum absolute atomic E-state index is 14.0. The van der Waals surface area contributed by atoms with Crippen LogP contribution in [-0.4, -0.2) is 37.3 Å². The highest BCUT2D eigenvalue weighted by molar-refractivity contribution is 5.81. The second kappa shape index (κ2) is 10.7. The van der Waals surface area contributed by atoms with Crippen molar-refractivity contribution in [2.24, 2.45) is 5.92 Å². The Labute approximate surface area is 216 Å². The Morgan fingerprint density at radius 1 is 0.974 bits per heavy atom. The second-order valence-electron chi connectivity index (χ2n) is 10.3. The molecular weight excluding hydrogens is 501 g/mol. The van der Waals surface area contributed by atoms with E-state index in [2.05, 4.69) is 10.3 Å². The summed E-state index contributed by atoms with van der Waals surface area (Å²) < 4.78 is 43.6. The molecule has 3 aromatic rings. The van der Waals surface area contributed by atoms with Gasteiger partial charge in [0.25, 0.3) is 5.56 Å². The number of aromatic nitrogens is 3. The lowest BCUT2D eigenvalue weighted by molar-refractivity contribution is -0.133. The van der Waals surface area contributed by atoms with Gasteiger partial charge in [-0.25, -0.2) is 27.5 Å². The smallest absolute Gasteiger partial charge is 0.337 e. The first kappa shape index (κ1) is 26.1. The molecule has 202 valence electrons. The molecule has 2 aliphatic carbocycles. The molecule has 0 unspecified atom stereocenters. The van der Waals surface area contributed by atoms with Crippen LogP contribution in [0, 0.1) is 23.4 Å². The third kappa shape index (κ3) is 4.99. The Morgan fingerprint density at radius 3 is 2.37 bits per heavy atom. The van der Waals surface area contributed by atoms with E-state index in [0.717, 1.165) is 65.6 Å². The Bertz CT molecular complexity index is 1470. The van der Waals surface area contributed by atoms with Gasteiger partial charge in [-0.2, -0.15) is 0 Å². The molecule has 1 aromatic carbocycles. The van der Waals surface area contributed by atoms with Crippen LogP contribution in [0.1, 0.15) is 63.8 Å². The van der Waals surface area contributed by atoms with Crippen molar-refractivity contribution in [1.29, 1.82) is 0 Å². The van der Waals surface area contributed by atoms with Crippen molar-refractivity contribution in [2.45, 2.75) is 76.0 Å². The van der Waals surface area contributed by atoms with Crippen molar-refractivity contribution < 1.29 is 23.1 Å². The first-order valence-corrected chi connectivity index (χ1v) is 13.0. The molecule has 11 heteroatoms. The van der Waals surface area contributed by atoms with Gasteiger partial charge in [0.05, 0.1) is 17.3 Å². The van der Waals surface area contributed by atoms with Gasteiger partial charge in [-0.3, -0.25) is 14.2 Å². The summed E-state index contributed by atoms with van der Waals surface area (Å²) in [5.41, 5.74) is -1.74. The lowest BCUT2D eigenvalue weighted by atomic mass is 9.84. The van der Waals surface area contributed by atoms with Crippen molar-refractivity contribution in [1.82, 2.24) is 19.4 Å². The van der Waals surface area contributed by atoms with E-state index in [1.54, 1.807) is 0 Å². The van der Waals surface area contributed by atoms with E-state index in [0.29, 0.717) is 25.7 Å². The van der Waals surface area contributed by atoms with Crippen LogP contribution in [0.4, 0.5) is 13.2 Å². The van der Waals surface area contributed by atoms with Crippen LogP contribution in [0.3, 0.4) is 0 Å². The van der Waals surface area contributed by atoms with Crippen LogP contribution in [0.25, 0.3) is 16.7 Å². The highest BCUT2D eigenvalue weighted by Gasteiger charge is 2.32. The van der Waals surface area contributed by atoms with Crippen molar-refractivity contribution >= 4 is 16.9 Å². The molecule has 2 aliphatic rings. The standard InChI is InChI=1S/C27H29F3N4O4/c28-16-12-20-24(31-14-16)33(19-10-11-21(29)22(30)13-19)27(38)34(26(20)37)18-8-6-17(7-9-18)32-25(36)23(35)15-4-2-1-3-5-15/h10-15,17-18,23,35H,1-9H2,(H,32,36)/t17?,18?,23-/m1/s1. The maximum atomic E-state index is 14.0. The van der Waals surface area contributed by atoms with Gasteiger partial charge >= 0.3 is 5.69 Å². The topological polar surface area (TPSA) is 106 Å². The summed E-state index contributed by atoms with van der Waals surface area (Å²) >= 11 is 0. The predicted octanol–water partition coefficient (Wildman–Crippen LogP) is 3.51. The van der Waals surface area contributed by atoms with E-state index in [1.165, 1.54) is 6.07 Å². The third-order valence-corrected chi connectivity index (χ3v) is 7.83. The Balaban J connectivity index is 1.42. The summed E-state index contributed by atoms with van der Waals surface area (Å²) in [6, 6.07) is 3.05. The summed E-state index contributed by atoms with van der Waals surface area (Å²) in [6.45, 7) is 0. The van der Waals surface area contributed by atoms with Crippen molar-refractivity contribution in [3.05, 3.63) is 68.8 Å². The number of carbonyl (C=O) groups excluding carboxylic acids is 1. The SMILES string of the molecule is O=C(NC1CCC(n2c(=O)c3cc(F)cnc3n(-c3ccc(F)c(F)c3)c2=O)CC1)[C@H](O)C1CCCCC1. The summed E-state index contributed by atoms with van der Waals surface area (Å²) in [4.78, 5) is 43.5. The van der Waals surface area contributed by atoms with Gasteiger partial charge in [-0.1, -0.05) is 19.3 Å². The molecule has 0 aliphatic heterocycles. The number of amides is 1. The summed E-state index contributed by atoms with van der Waals surface area (Å²) in [5.74, 6) is -3.51. The van der Waals surface area contributed by atoms with Crippen molar-refractivity contribution in [2.75, 3.05) is 0 Å². The number of hydrogen-bond acceptors (Lipinski definition) is 5. The molecule has 0 saturated heterocycles. The first-order valence-electron chi connectivity index (χ1n) is 13.0. The molecule has 1 atom stereocenters. The zero-order chi connectivity index (χ0) is 27.0. The van der Waals surface area contributed by atoms with Crippen LogP contribution < -0.4 is 16.6 Å². The number of rotatable bonds is 5. The Kier molecular flexibility index (Phi) is 7.38. The summed E-state index contributed by atoms with van der Waals surface area (Å²) in [7, 11) is 0. The number of aliphatic hydroxyl groups is 1. The Hall–Kier alpha value is -3.47. The van der Waals surface area contributed by atoms with Crippen LogP contribution in [0.2, 0.25) is 0 Å². The van der Waals surface area contributed by atoms with Crippen LogP contribution in [-0.2, 0) is 4.79 Å². The molecule has 0 spiro atoms. The molecule has 1 amide bonds. The normalized spacial score (nSPS) is 21.4. The molecule has 8 nitrogen and oxygen atoms in total. The number of carbonyl (C=O) groups is 1. The number of aliphatic hydroxyl groups excluding tert-OH is 1. The van der Waals surface area contributed by atoms with Crippen molar-refractivity contribution in [3.63, 3.8) is 0 Å². The molecule has 2 fully saturated rings. The fourth-order valence-corrected chi connectivity index (χ4v) is 5.79. The third-order valence-electron chi connectivity index (χ3n) is 7.83. The quantitative estimate of drug-likeness (QED) is 0.525. The second-order valence-corrected chi connectivity index (χ2v) is 10.3. The molecule has 0 bridgehead atoms. The van der Waals surface area contributed by atoms with E-state index in [9.17, 15) is 32.7 Å². The minimum Gasteiger partial charge on any atom is -0.383 e. The van der Waals surface area contributed by atoms with Crippen LogP contribution in [0.15, 0.2) is 40.1 Å². The minimum atomic E-state index is -1.19. The van der Waals surface area contributed by atoms with Gasteiger partial charge in [-0.05, 0) is 62.6 Å². The number of fused-ring (bicyclic) bond motifs is 1. The molecule has 2 N–H and O–H groups in total. The van der Waals surface area contributed by atoms with E-state index in [4.69, 9.17) is 0 Å². The molecule has 2 aromatic heterocycles. The fourth-order valence-electron chi connectivity index (χ4n) is 5.79. The van der Waals surface area contributed by atoms with Gasteiger partial charge < -0.3 is 10.4 Å². The van der Waals surface area contributed by atoms with Crippen LogP contribution >= 0.6 is 0 Å². The summed E-state index contributed by atoms with van der Waals surface area (Å²) in [5, 5.41) is 13.2. The molecule has 2 saturated carbocycles. The molecular formula is C27H29F3N4O4. The molecule has 2 heterocycles. The van der Waals surface area contributed by atoms with E-state index >= 15 is 0 Å². The van der Waals surface area contributed by atoms with Gasteiger partial charge in [-0.15, -0.1) is 0 Å². The lowest BCUT2D eigenvalue weighted by Crippen LogP contribution is -2.48. The average molecular weight is 531 g/mol. The van der Waals surface area contributed by atoms with E-state index in [1.807, 2.05) is 0 Å². The molecule has 38 heavy (non-hydrogen) atoms. The zero-order valence-corrected chi connectivity index (χ0v) is 20.7. The van der Waals surface area contributed by atoms with E-state index < -0.39 is 46.8 Å². The lowest BCUT2D eigenvalue weighted by Gasteiger charge is -2.32. The van der Waals surface area contributed by atoms with Crippen LogP contribution in [0.5, 0.6) is 0 Å². The predicted molar refractivity (Wildman–Crippen MR) is 133 cm³/mol. The maximum Gasteiger partial charge on any atom is 0.337 e. The average Bonchev–Trinajstić information content (AvgIpc) is 2.92. The fraction of sp³-hybridized carbons (Fsp3) is 0.481. The van der Waals surface area contributed by atoms with E-state index in [-0.39, 0.29) is 28.7 Å². The number of nitrogens with zero attached hydrogens (tertiary/aromatic N) is 3. The Morgan fingerprint density at radius 2 is 1.68 bits per heavy atom. The molecule has 5 rings (SSSR count). The monoisotopic (exact) mass is 530 g/mol. The minimum absolute atomic E-state index is 0.0416. The number of nitrogens with one attached hydrogen (secondary N) is 1. The van der Waals surface area contributed by atoms with Gasteiger partial charge in [0.2, 0.25) is 5.91 Å². The first-order chi connectivity index (χ1) is 18.2. The van der Waals surface area contributed by atoms with Crippen molar-refractivity contribution in [3.8, 4) is 5.69 Å². The molecule has 0 radical (unpaired) electrons.